The van der Waals surface area contributed by atoms with Crippen molar-refractivity contribution >= 4 is 47.0 Å². The van der Waals surface area contributed by atoms with Gasteiger partial charge in [-0.25, -0.2) is 4.79 Å². The Balaban J connectivity index is 1.97. The number of hydrogen-bond donors (Lipinski definition) is 3. The van der Waals surface area contributed by atoms with Crippen molar-refractivity contribution < 1.29 is 38.5 Å². The van der Waals surface area contributed by atoms with Crippen LogP contribution in [-0.4, -0.2) is 65.8 Å². The third-order valence-corrected chi connectivity index (χ3v) is 8.97. The van der Waals surface area contributed by atoms with E-state index in [9.17, 15) is 24.3 Å². The maximum Gasteiger partial charge on any atom is 0.347 e. The first kappa shape index (κ1) is 38.8. The molecule has 1 heterocycles. The fraction of sp³-hybridized carbons (Fsp3) is 0.500. The molecule has 3 rings (SSSR count). The first-order valence-electron chi connectivity index (χ1n) is 16.0. The summed E-state index contributed by atoms with van der Waals surface area (Å²) in [7, 11) is 1.49. The number of esters is 2. The number of carbonyl (C=O) groups excluding carboxylic acids is 4. The maximum atomic E-state index is 13.6. The Morgan fingerprint density at radius 3 is 2.35 bits per heavy atom. The van der Waals surface area contributed by atoms with Crippen LogP contribution in [0.5, 0.6) is 5.75 Å². The molecule has 0 aromatic heterocycles. The highest BCUT2D eigenvalue weighted by Crippen LogP contribution is 2.33. The molecule has 262 valence electrons. The first-order chi connectivity index (χ1) is 22.5. The monoisotopic (exact) mass is 704 g/mol. The predicted molar refractivity (Wildman–Crippen MR) is 184 cm³/mol. The van der Waals surface area contributed by atoms with Crippen LogP contribution < -0.4 is 15.4 Å². The smallest absolute Gasteiger partial charge is 0.347 e. The van der Waals surface area contributed by atoms with E-state index in [0.29, 0.717) is 16.3 Å². The van der Waals surface area contributed by atoms with Crippen LogP contribution in [0.4, 0.5) is 0 Å². The molecule has 2 amide bonds. The average molecular weight is 706 g/mol. The molecule has 12 heteroatoms. The van der Waals surface area contributed by atoms with Crippen molar-refractivity contribution in [3.63, 3.8) is 0 Å². The van der Waals surface area contributed by atoms with Crippen molar-refractivity contribution in [1.29, 1.82) is 0 Å². The van der Waals surface area contributed by atoms with Gasteiger partial charge in [0.25, 0.3) is 0 Å². The van der Waals surface area contributed by atoms with E-state index in [2.05, 4.69) is 10.6 Å². The molecule has 3 N–H and O–H groups in total. The number of nitrogens with one attached hydrogen (secondary N) is 2. The second-order valence-electron chi connectivity index (χ2n) is 13.2. The number of benzene rings is 2. The van der Waals surface area contributed by atoms with E-state index in [1.54, 1.807) is 39.0 Å². The topological polar surface area (TPSA) is 140 Å². The van der Waals surface area contributed by atoms with Gasteiger partial charge in [0.2, 0.25) is 11.8 Å². The molecule has 0 saturated heterocycles. The van der Waals surface area contributed by atoms with Gasteiger partial charge in [0.15, 0.2) is 6.10 Å². The molecule has 1 aliphatic heterocycles. The van der Waals surface area contributed by atoms with Crippen LogP contribution in [0.25, 0.3) is 0 Å². The Hall–Kier alpha value is -3.60. The predicted octanol–water partition coefficient (Wildman–Crippen LogP) is 5.15. The number of carbonyl (C=O) groups is 4. The number of amides is 2. The van der Waals surface area contributed by atoms with E-state index in [1.165, 1.54) is 19.3 Å². The Morgan fingerprint density at radius 2 is 1.73 bits per heavy atom. The maximum absolute atomic E-state index is 13.6. The summed E-state index contributed by atoms with van der Waals surface area (Å²) in [4.78, 5) is 53.6. The number of rotatable bonds is 9. The summed E-state index contributed by atoms with van der Waals surface area (Å²) in [5.74, 6) is -3.05. The second kappa shape index (κ2) is 17.2. The van der Waals surface area contributed by atoms with Crippen molar-refractivity contribution in [1.82, 2.24) is 10.6 Å². The summed E-state index contributed by atoms with van der Waals surface area (Å²) in [6.07, 6.45) is 0.760. The van der Waals surface area contributed by atoms with Crippen LogP contribution in [0.2, 0.25) is 5.02 Å². The molecular weight excluding hydrogens is 659 g/mol. The zero-order chi connectivity index (χ0) is 35.6. The molecular formula is C36H46Cl2N2O8. The highest BCUT2D eigenvalue weighted by atomic mass is 35.5. The van der Waals surface area contributed by atoms with Crippen LogP contribution in [0.1, 0.15) is 58.6 Å². The standard InChI is InChI=1S/C36H46Cl2N2O8/c1-22(2)17-30-33(43)47-28(23(3)36(38,45)20-24-11-8-7-9-12-24)13-10-14-31(41)40-27(19-25-15-16-29(46-6)26(37)18-25)32(42)39-21-35(4,5)34(44)48-30/h7-12,14-16,18,22-23,27-28,30,45H,13,17,19-21H2,1-6H3,(H,39,42)(H,40,41)/b14-10+/t23-,27+,28-,30-,36?/m0/s1. The van der Waals surface area contributed by atoms with Crippen molar-refractivity contribution in [2.24, 2.45) is 17.3 Å². The quantitative estimate of drug-likeness (QED) is 0.241. The zero-order valence-corrected chi connectivity index (χ0v) is 29.8. The van der Waals surface area contributed by atoms with Gasteiger partial charge in [0.1, 0.15) is 23.0 Å². The molecule has 1 unspecified atom stereocenters. The lowest BCUT2D eigenvalue weighted by atomic mass is 9.90. The largest absolute Gasteiger partial charge is 0.495 e. The average Bonchev–Trinajstić information content (AvgIpc) is 3.01. The van der Waals surface area contributed by atoms with Gasteiger partial charge in [-0.2, -0.15) is 0 Å². The highest BCUT2D eigenvalue weighted by Gasteiger charge is 2.41. The van der Waals surface area contributed by atoms with Gasteiger partial charge in [-0.15, -0.1) is 0 Å². The molecule has 0 aliphatic carbocycles. The van der Waals surface area contributed by atoms with Gasteiger partial charge in [-0.1, -0.05) is 86.4 Å². The number of halogens is 2. The lowest BCUT2D eigenvalue weighted by molar-refractivity contribution is -0.180. The minimum Gasteiger partial charge on any atom is -0.495 e. The van der Waals surface area contributed by atoms with E-state index >= 15 is 0 Å². The normalized spacial score (nSPS) is 23.6. The van der Waals surface area contributed by atoms with E-state index in [1.807, 2.05) is 44.2 Å². The summed E-state index contributed by atoms with van der Waals surface area (Å²) >= 11 is 13.0. The number of cyclic esters (lactones) is 2. The number of alkyl halides is 1. The summed E-state index contributed by atoms with van der Waals surface area (Å²) < 4.78 is 16.9. The minimum absolute atomic E-state index is 0.0110. The number of ether oxygens (including phenoxy) is 3. The summed E-state index contributed by atoms with van der Waals surface area (Å²) in [5, 5.41) is 15.3. The molecule has 0 fully saturated rings. The Morgan fingerprint density at radius 1 is 1.04 bits per heavy atom. The third kappa shape index (κ3) is 11.2. The molecule has 2 aromatic rings. The second-order valence-corrected chi connectivity index (χ2v) is 14.3. The highest BCUT2D eigenvalue weighted by molar-refractivity contribution is 6.32. The minimum atomic E-state index is -1.84. The SMILES string of the molecule is COc1ccc(C[C@H]2NC(=O)/C=C/C[C@@H]([C@H](C)C(O)(Cl)Cc3ccccc3)OC(=O)[C@H](CC(C)C)OC(=O)C(C)(C)CNC2=O)cc1Cl. The van der Waals surface area contributed by atoms with E-state index < -0.39 is 58.4 Å². The third-order valence-electron chi connectivity index (χ3n) is 8.20. The van der Waals surface area contributed by atoms with Gasteiger partial charge in [-0.05, 0) is 55.5 Å². The molecule has 5 atom stereocenters. The van der Waals surface area contributed by atoms with Crippen LogP contribution in [0.3, 0.4) is 0 Å². The molecule has 1 aliphatic rings. The molecule has 0 radical (unpaired) electrons. The van der Waals surface area contributed by atoms with Gasteiger partial charge >= 0.3 is 11.9 Å². The first-order valence-corrected chi connectivity index (χ1v) is 16.7. The van der Waals surface area contributed by atoms with Gasteiger partial charge in [0, 0.05) is 31.7 Å². The molecule has 2 aromatic carbocycles. The van der Waals surface area contributed by atoms with Gasteiger partial charge in [-0.3, -0.25) is 14.4 Å². The Kier molecular flexibility index (Phi) is 13.9. The fourth-order valence-electron chi connectivity index (χ4n) is 5.13. The van der Waals surface area contributed by atoms with E-state index in [-0.39, 0.29) is 38.1 Å². The van der Waals surface area contributed by atoms with Crippen molar-refractivity contribution in [2.45, 2.75) is 83.6 Å². The van der Waals surface area contributed by atoms with Crippen molar-refractivity contribution in [3.8, 4) is 5.75 Å². The van der Waals surface area contributed by atoms with Crippen molar-refractivity contribution in [2.75, 3.05) is 13.7 Å². The van der Waals surface area contributed by atoms with Crippen LogP contribution >= 0.6 is 23.2 Å². The van der Waals surface area contributed by atoms with Crippen LogP contribution in [-0.2, 0) is 41.5 Å². The molecule has 10 nitrogen and oxygen atoms in total. The fourth-order valence-corrected chi connectivity index (χ4v) is 5.71. The number of hydrogen-bond acceptors (Lipinski definition) is 8. The van der Waals surface area contributed by atoms with Gasteiger partial charge in [0.05, 0.1) is 17.5 Å². The summed E-state index contributed by atoms with van der Waals surface area (Å²) in [6, 6.07) is 13.1. The van der Waals surface area contributed by atoms with E-state index in [0.717, 1.165) is 5.56 Å². The van der Waals surface area contributed by atoms with Gasteiger partial charge < -0.3 is 30.0 Å². The Labute approximate surface area is 292 Å². The number of methoxy groups -OCH3 is 1. The number of aliphatic hydroxyl groups is 1. The Bertz CT molecular complexity index is 1460. The zero-order valence-electron chi connectivity index (χ0n) is 28.3. The molecule has 48 heavy (non-hydrogen) atoms. The lowest BCUT2D eigenvalue weighted by Gasteiger charge is -2.34. The summed E-state index contributed by atoms with van der Waals surface area (Å²) in [5.41, 5.74) is 0.182. The van der Waals surface area contributed by atoms with Crippen molar-refractivity contribution in [3.05, 3.63) is 76.8 Å². The molecule has 0 bridgehead atoms. The van der Waals surface area contributed by atoms with E-state index in [4.69, 9.17) is 37.4 Å². The van der Waals surface area contributed by atoms with Crippen LogP contribution in [0.15, 0.2) is 60.7 Å². The lowest BCUT2D eigenvalue weighted by Crippen LogP contribution is -2.51. The molecule has 0 spiro atoms. The van der Waals surface area contributed by atoms with Crippen LogP contribution in [0, 0.1) is 17.3 Å². The summed E-state index contributed by atoms with van der Waals surface area (Å²) in [6.45, 7) is 8.42. The molecule has 0 saturated carbocycles.